The van der Waals surface area contributed by atoms with Gasteiger partial charge in [-0.05, 0) is 33.0 Å². The molecule has 5 heteroatoms. The van der Waals surface area contributed by atoms with Crippen molar-refractivity contribution >= 4 is 33.8 Å². The predicted octanol–water partition coefficient (Wildman–Crippen LogP) is 2.07. The molecular weight excluding hydrogens is 202 g/mol. The molecule has 1 aromatic heterocycles. The van der Waals surface area contributed by atoms with Crippen molar-refractivity contribution in [3.8, 4) is 0 Å². The smallest absolute Gasteiger partial charge is 0.189 e. The molecule has 0 aliphatic rings. The molecule has 3 nitrogen and oxygen atoms in total. The molecule has 0 unspecified atom stereocenters. The number of thiazole rings is 1. The van der Waals surface area contributed by atoms with Gasteiger partial charge in [-0.15, -0.1) is 11.3 Å². The average molecular weight is 215 g/mol. The van der Waals surface area contributed by atoms with Crippen LogP contribution in [0.1, 0.15) is 17.5 Å². The van der Waals surface area contributed by atoms with Crippen molar-refractivity contribution in [3.05, 3.63) is 10.6 Å². The Hall–Kier alpha value is -0.680. The van der Waals surface area contributed by atoms with Gasteiger partial charge in [-0.1, -0.05) is 0 Å². The number of nitrogens with zero attached hydrogens (tertiary/aromatic N) is 1. The first-order valence-corrected chi connectivity index (χ1v) is 5.34. The van der Waals surface area contributed by atoms with Crippen LogP contribution in [0.3, 0.4) is 0 Å². The van der Waals surface area contributed by atoms with Gasteiger partial charge in [0, 0.05) is 11.4 Å². The Labute approximate surface area is 87.6 Å². The minimum Gasteiger partial charge on any atom is -0.363 e. The summed E-state index contributed by atoms with van der Waals surface area (Å²) >= 11 is 6.65. The summed E-state index contributed by atoms with van der Waals surface area (Å²) in [7, 11) is 0. The molecule has 0 saturated carbocycles. The minimum atomic E-state index is 0.635. The molecule has 1 rings (SSSR count). The van der Waals surface area contributed by atoms with Crippen molar-refractivity contribution in [2.45, 2.75) is 20.8 Å². The first-order chi connectivity index (χ1) is 6.13. The van der Waals surface area contributed by atoms with Crippen molar-refractivity contribution in [1.29, 1.82) is 0 Å². The first kappa shape index (κ1) is 10.4. The van der Waals surface area contributed by atoms with Crippen molar-refractivity contribution in [1.82, 2.24) is 10.3 Å². The van der Waals surface area contributed by atoms with Crippen molar-refractivity contribution in [2.24, 2.45) is 0 Å². The fourth-order valence-corrected chi connectivity index (χ4v) is 1.95. The zero-order valence-electron chi connectivity index (χ0n) is 7.97. The Morgan fingerprint density at radius 1 is 1.54 bits per heavy atom. The van der Waals surface area contributed by atoms with Gasteiger partial charge in [0.05, 0.1) is 5.69 Å². The van der Waals surface area contributed by atoms with Crippen LogP contribution in [0.15, 0.2) is 0 Å². The van der Waals surface area contributed by atoms with Crippen LogP contribution in [-0.2, 0) is 0 Å². The van der Waals surface area contributed by atoms with Crippen LogP contribution >= 0.6 is 23.6 Å². The van der Waals surface area contributed by atoms with E-state index in [1.165, 1.54) is 4.88 Å². The molecule has 1 aromatic rings. The first-order valence-electron chi connectivity index (χ1n) is 4.12. The molecule has 0 radical (unpaired) electrons. The molecule has 0 spiro atoms. The van der Waals surface area contributed by atoms with E-state index in [9.17, 15) is 0 Å². The summed E-state index contributed by atoms with van der Waals surface area (Å²) in [5, 5.41) is 7.54. The lowest BCUT2D eigenvalue weighted by atomic mass is 10.4. The molecule has 2 N–H and O–H groups in total. The maximum Gasteiger partial charge on any atom is 0.189 e. The lowest BCUT2D eigenvalue weighted by Gasteiger charge is -2.04. The Bertz CT molecular complexity index is 287. The van der Waals surface area contributed by atoms with E-state index in [0.717, 1.165) is 17.4 Å². The summed E-state index contributed by atoms with van der Waals surface area (Å²) in [4.78, 5) is 5.54. The van der Waals surface area contributed by atoms with Crippen LogP contribution in [0, 0.1) is 13.8 Å². The van der Waals surface area contributed by atoms with Crippen molar-refractivity contribution < 1.29 is 0 Å². The highest BCUT2D eigenvalue weighted by Crippen LogP contribution is 2.20. The number of aromatic nitrogens is 1. The molecule has 13 heavy (non-hydrogen) atoms. The fourth-order valence-electron chi connectivity index (χ4n) is 0.828. The van der Waals surface area contributed by atoms with Gasteiger partial charge in [0.1, 0.15) is 0 Å². The standard InChI is InChI=1S/C8H13N3S2/c1-4-9-7(12)11-8-10-5(2)6(3)13-8/h4H2,1-3H3,(H2,9,10,11,12). The molecule has 0 fully saturated rings. The molecule has 72 valence electrons. The number of rotatable bonds is 2. The number of thiocarbonyl (C=S) groups is 1. The van der Waals surface area contributed by atoms with Crippen LogP contribution in [-0.4, -0.2) is 16.6 Å². The van der Waals surface area contributed by atoms with Gasteiger partial charge < -0.3 is 10.6 Å². The number of anilines is 1. The van der Waals surface area contributed by atoms with Gasteiger partial charge in [-0.2, -0.15) is 0 Å². The van der Waals surface area contributed by atoms with Gasteiger partial charge in [0.25, 0.3) is 0 Å². The normalized spacial score (nSPS) is 9.77. The highest BCUT2D eigenvalue weighted by Gasteiger charge is 2.03. The molecule has 1 heterocycles. The Balaban J connectivity index is 2.59. The predicted molar refractivity (Wildman–Crippen MR) is 61.5 cm³/mol. The highest BCUT2D eigenvalue weighted by molar-refractivity contribution is 7.80. The molecule has 0 saturated heterocycles. The van der Waals surface area contributed by atoms with Crippen molar-refractivity contribution in [2.75, 3.05) is 11.9 Å². The van der Waals surface area contributed by atoms with E-state index in [4.69, 9.17) is 12.2 Å². The van der Waals surface area contributed by atoms with E-state index in [1.807, 2.05) is 13.8 Å². The number of hydrogen-bond donors (Lipinski definition) is 2. The van der Waals surface area contributed by atoms with Crippen molar-refractivity contribution in [3.63, 3.8) is 0 Å². The summed E-state index contributed by atoms with van der Waals surface area (Å²) in [6, 6.07) is 0. The zero-order chi connectivity index (χ0) is 9.84. The zero-order valence-corrected chi connectivity index (χ0v) is 9.60. The third-order valence-electron chi connectivity index (χ3n) is 1.59. The fraction of sp³-hybridized carbons (Fsp3) is 0.500. The Morgan fingerprint density at radius 2 is 2.23 bits per heavy atom. The van der Waals surface area contributed by atoms with E-state index in [0.29, 0.717) is 5.11 Å². The topological polar surface area (TPSA) is 37.0 Å². The maximum absolute atomic E-state index is 5.03. The second-order valence-corrected chi connectivity index (χ2v) is 4.26. The second-order valence-electron chi connectivity index (χ2n) is 2.65. The summed E-state index contributed by atoms with van der Waals surface area (Å²) < 4.78 is 0. The van der Waals surface area contributed by atoms with Crippen LogP contribution in [0.5, 0.6) is 0 Å². The number of aryl methyl sites for hydroxylation is 2. The summed E-state index contributed by atoms with van der Waals surface area (Å²) in [6.45, 7) is 6.88. The lowest BCUT2D eigenvalue weighted by Crippen LogP contribution is -2.27. The van der Waals surface area contributed by atoms with Crippen LogP contribution < -0.4 is 10.6 Å². The van der Waals surface area contributed by atoms with E-state index in [-0.39, 0.29) is 0 Å². The van der Waals surface area contributed by atoms with E-state index in [1.54, 1.807) is 11.3 Å². The van der Waals surface area contributed by atoms with Gasteiger partial charge >= 0.3 is 0 Å². The second kappa shape index (κ2) is 4.53. The van der Waals surface area contributed by atoms with Crippen LogP contribution in [0.4, 0.5) is 5.13 Å². The lowest BCUT2D eigenvalue weighted by molar-refractivity contribution is 0.979. The minimum absolute atomic E-state index is 0.635. The molecule has 0 aliphatic heterocycles. The molecule has 0 amide bonds. The van der Waals surface area contributed by atoms with E-state index in [2.05, 4.69) is 22.5 Å². The summed E-state index contributed by atoms with van der Waals surface area (Å²) in [6.07, 6.45) is 0. The Morgan fingerprint density at radius 3 is 2.69 bits per heavy atom. The summed E-state index contributed by atoms with van der Waals surface area (Å²) in [5.41, 5.74) is 1.06. The number of nitrogens with one attached hydrogen (secondary N) is 2. The molecule has 0 bridgehead atoms. The third kappa shape index (κ3) is 2.93. The van der Waals surface area contributed by atoms with Gasteiger partial charge in [-0.3, -0.25) is 0 Å². The SMILES string of the molecule is CCNC(=S)Nc1nc(C)c(C)s1. The van der Waals surface area contributed by atoms with Crippen LogP contribution in [0.25, 0.3) is 0 Å². The van der Waals surface area contributed by atoms with Crippen LogP contribution in [0.2, 0.25) is 0 Å². The average Bonchev–Trinajstić information content (AvgIpc) is 2.31. The number of hydrogen-bond acceptors (Lipinski definition) is 3. The largest absolute Gasteiger partial charge is 0.363 e. The molecular formula is C8H13N3S2. The highest BCUT2D eigenvalue weighted by atomic mass is 32.1. The van der Waals surface area contributed by atoms with E-state index >= 15 is 0 Å². The molecule has 0 aliphatic carbocycles. The molecule has 0 aromatic carbocycles. The van der Waals surface area contributed by atoms with E-state index < -0.39 is 0 Å². The monoisotopic (exact) mass is 215 g/mol. The van der Waals surface area contributed by atoms with Gasteiger partial charge in [-0.25, -0.2) is 4.98 Å². The van der Waals surface area contributed by atoms with Gasteiger partial charge in [0.15, 0.2) is 10.2 Å². The molecule has 0 atom stereocenters. The Kier molecular flexibility index (Phi) is 3.62. The van der Waals surface area contributed by atoms with Gasteiger partial charge in [0.2, 0.25) is 0 Å². The maximum atomic E-state index is 5.03. The quantitative estimate of drug-likeness (QED) is 0.741. The third-order valence-corrected chi connectivity index (χ3v) is 2.82. The summed E-state index contributed by atoms with van der Waals surface area (Å²) in [5.74, 6) is 0.